The Kier molecular flexibility index (Phi) is 3.41. The lowest BCUT2D eigenvalue weighted by Gasteiger charge is -2.05. The highest BCUT2D eigenvalue weighted by atomic mass is 16.5. The highest BCUT2D eigenvalue weighted by Crippen LogP contribution is 2.15. The number of rotatable bonds is 4. The van der Waals surface area contributed by atoms with Crippen LogP contribution in [-0.2, 0) is 9.53 Å². The first kappa shape index (κ1) is 10.5. The molecule has 1 heterocycles. The standard InChI is InChI=1S/C9H12N2O3/c1-3-11-6-7(5-10-11)8(12)4-9(13)14-2/h3,5-6,8,12H,1,4H2,2H3. The molecule has 0 radical (unpaired) electrons. The first-order chi connectivity index (χ1) is 6.67. The minimum absolute atomic E-state index is 0.0701. The molecule has 14 heavy (non-hydrogen) atoms. The van der Waals surface area contributed by atoms with Crippen molar-refractivity contribution in [2.75, 3.05) is 7.11 Å². The van der Waals surface area contributed by atoms with Gasteiger partial charge in [-0.05, 0) is 0 Å². The Morgan fingerprint density at radius 3 is 3.14 bits per heavy atom. The Morgan fingerprint density at radius 1 is 1.93 bits per heavy atom. The summed E-state index contributed by atoms with van der Waals surface area (Å²) < 4.78 is 5.88. The van der Waals surface area contributed by atoms with E-state index in [1.54, 1.807) is 6.20 Å². The van der Waals surface area contributed by atoms with Crippen molar-refractivity contribution < 1.29 is 14.6 Å². The molecule has 0 saturated carbocycles. The fraction of sp³-hybridized carbons (Fsp3) is 0.333. The SMILES string of the molecule is C=Cn1cc(C(O)CC(=O)OC)cn1. The molecule has 0 aliphatic rings. The van der Waals surface area contributed by atoms with Gasteiger partial charge in [0, 0.05) is 18.0 Å². The first-order valence-electron chi connectivity index (χ1n) is 4.09. The van der Waals surface area contributed by atoms with Gasteiger partial charge in [0.1, 0.15) is 0 Å². The predicted octanol–water partition coefficient (Wildman–Crippen LogP) is 0.580. The lowest BCUT2D eigenvalue weighted by molar-refractivity contribution is -0.142. The van der Waals surface area contributed by atoms with E-state index in [0.29, 0.717) is 5.56 Å². The molecule has 1 aromatic rings. The Bertz CT molecular complexity index is 333. The minimum Gasteiger partial charge on any atom is -0.469 e. The van der Waals surface area contributed by atoms with Gasteiger partial charge in [-0.2, -0.15) is 5.10 Å². The topological polar surface area (TPSA) is 64.4 Å². The number of carbonyl (C=O) groups excluding carboxylic acids is 1. The van der Waals surface area contributed by atoms with E-state index in [4.69, 9.17) is 0 Å². The zero-order valence-electron chi connectivity index (χ0n) is 7.88. The number of aromatic nitrogens is 2. The van der Waals surface area contributed by atoms with Crippen LogP contribution in [0.4, 0.5) is 0 Å². The summed E-state index contributed by atoms with van der Waals surface area (Å²) in [5.41, 5.74) is 0.565. The van der Waals surface area contributed by atoms with Crippen LogP contribution in [0.3, 0.4) is 0 Å². The second-order valence-corrected chi connectivity index (χ2v) is 2.73. The average Bonchev–Trinajstić information content (AvgIpc) is 2.65. The van der Waals surface area contributed by atoms with Gasteiger partial charge in [-0.1, -0.05) is 6.58 Å². The van der Waals surface area contributed by atoms with Gasteiger partial charge in [0.2, 0.25) is 0 Å². The molecule has 1 aromatic heterocycles. The zero-order chi connectivity index (χ0) is 10.6. The summed E-state index contributed by atoms with van der Waals surface area (Å²) in [5, 5.41) is 13.4. The van der Waals surface area contributed by atoms with E-state index >= 15 is 0 Å². The van der Waals surface area contributed by atoms with Gasteiger partial charge in [0.25, 0.3) is 0 Å². The van der Waals surface area contributed by atoms with Gasteiger partial charge in [0.15, 0.2) is 0 Å². The number of esters is 1. The molecule has 5 heteroatoms. The molecule has 1 N–H and O–H groups in total. The smallest absolute Gasteiger partial charge is 0.308 e. The van der Waals surface area contributed by atoms with E-state index < -0.39 is 12.1 Å². The number of methoxy groups -OCH3 is 1. The van der Waals surface area contributed by atoms with Crippen LogP contribution in [-0.4, -0.2) is 28.0 Å². The number of ether oxygens (including phenoxy) is 1. The van der Waals surface area contributed by atoms with Crippen molar-refractivity contribution in [3.63, 3.8) is 0 Å². The molecule has 0 aliphatic heterocycles. The van der Waals surface area contributed by atoms with Gasteiger partial charge >= 0.3 is 5.97 Å². The third-order valence-corrected chi connectivity index (χ3v) is 1.78. The molecule has 0 fully saturated rings. The van der Waals surface area contributed by atoms with E-state index in [0.717, 1.165) is 0 Å². The Morgan fingerprint density at radius 2 is 2.64 bits per heavy atom. The summed E-state index contributed by atoms with van der Waals surface area (Å²) in [6, 6.07) is 0. The Hall–Kier alpha value is -1.62. The van der Waals surface area contributed by atoms with Crippen LogP contribution in [0.5, 0.6) is 0 Å². The molecule has 0 bridgehead atoms. The molecule has 0 aliphatic carbocycles. The van der Waals surface area contributed by atoms with Gasteiger partial charge < -0.3 is 9.84 Å². The highest BCUT2D eigenvalue weighted by molar-refractivity contribution is 5.69. The minimum atomic E-state index is -0.879. The maximum Gasteiger partial charge on any atom is 0.308 e. The average molecular weight is 196 g/mol. The van der Waals surface area contributed by atoms with Crippen LogP contribution in [0.1, 0.15) is 18.1 Å². The van der Waals surface area contributed by atoms with Gasteiger partial charge in [-0.15, -0.1) is 0 Å². The molecule has 0 aromatic carbocycles. The maximum absolute atomic E-state index is 10.8. The van der Waals surface area contributed by atoms with Crippen molar-refractivity contribution in [3.05, 3.63) is 24.5 Å². The van der Waals surface area contributed by atoms with E-state index in [2.05, 4.69) is 16.4 Å². The number of hydrogen-bond acceptors (Lipinski definition) is 4. The van der Waals surface area contributed by atoms with Crippen LogP contribution in [0.25, 0.3) is 6.20 Å². The number of hydrogen-bond donors (Lipinski definition) is 1. The monoisotopic (exact) mass is 196 g/mol. The Labute approximate surface area is 81.6 Å². The van der Waals surface area contributed by atoms with Crippen molar-refractivity contribution in [1.29, 1.82) is 0 Å². The van der Waals surface area contributed by atoms with Crippen LogP contribution < -0.4 is 0 Å². The molecule has 1 rings (SSSR count). The lowest BCUT2D eigenvalue weighted by Crippen LogP contribution is -2.07. The molecule has 5 nitrogen and oxygen atoms in total. The molecule has 0 spiro atoms. The third kappa shape index (κ3) is 2.43. The quantitative estimate of drug-likeness (QED) is 0.715. The van der Waals surface area contributed by atoms with Crippen LogP contribution in [0.2, 0.25) is 0 Å². The van der Waals surface area contributed by atoms with Gasteiger partial charge in [0.05, 0.1) is 25.8 Å². The third-order valence-electron chi connectivity index (χ3n) is 1.78. The molecule has 1 atom stereocenters. The van der Waals surface area contributed by atoms with Crippen molar-refractivity contribution in [2.24, 2.45) is 0 Å². The Balaban J connectivity index is 2.64. The molecule has 0 amide bonds. The normalized spacial score (nSPS) is 12.1. The van der Waals surface area contributed by atoms with E-state index in [9.17, 15) is 9.90 Å². The van der Waals surface area contributed by atoms with Crippen molar-refractivity contribution in [2.45, 2.75) is 12.5 Å². The molecule has 76 valence electrons. The van der Waals surface area contributed by atoms with Crippen molar-refractivity contribution in [1.82, 2.24) is 9.78 Å². The molecule has 0 saturated heterocycles. The molecular formula is C9H12N2O3. The summed E-state index contributed by atoms with van der Waals surface area (Å²) in [6.07, 6.45) is 3.62. The summed E-state index contributed by atoms with van der Waals surface area (Å²) in [6.45, 7) is 3.51. The first-order valence-corrected chi connectivity index (χ1v) is 4.09. The van der Waals surface area contributed by atoms with Crippen LogP contribution >= 0.6 is 0 Å². The van der Waals surface area contributed by atoms with Crippen LogP contribution in [0, 0.1) is 0 Å². The molecule has 1 unspecified atom stereocenters. The largest absolute Gasteiger partial charge is 0.469 e. The lowest BCUT2D eigenvalue weighted by atomic mass is 10.1. The fourth-order valence-corrected chi connectivity index (χ4v) is 0.984. The van der Waals surface area contributed by atoms with E-state index in [1.165, 1.54) is 24.2 Å². The second-order valence-electron chi connectivity index (χ2n) is 2.73. The number of nitrogens with zero attached hydrogens (tertiary/aromatic N) is 2. The van der Waals surface area contributed by atoms with Gasteiger partial charge in [-0.3, -0.25) is 4.79 Å². The number of aliphatic hydroxyl groups excluding tert-OH is 1. The summed E-state index contributed by atoms with van der Waals surface area (Å²) in [5.74, 6) is -0.455. The van der Waals surface area contributed by atoms with Crippen LogP contribution in [0.15, 0.2) is 19.0 Å². The maximum atomic E-state index is 10.8. The molecular weight excluding hydrogens is 184 g/mol. The van der Waals surface area contributed by atoms with E-state index in [1.807, 2.05) is 0 Å². The van der Waals surface area contributed by atoms with Crippen molar-refractivity contribution >= 4 is 12.2 Å². The summed E-state index contributed by atoms with van der Waals surface area (Å²) >= 11 is 0. The number of aliphatic hydroxyl groups is 1. The van der Waals surface area contributed by atoms with Crippen molar-refractivity contribution in [3.8, 4) is 0 Å². The second kappa shape index (κ2) is 4.57. The predicted molar refractivity (Wildman–Crippen MR) is 50.2 cm³/mol. The summed E-state index contributed by atoms with van der Waals surface area (Å²) in [4.78, 5) is 10.8. The van der Waals surface area contributed by atoms with Gasteiger partial charge in [-0.25, -0.2) is 4.68 Å². The fourth-order valence-electron chi connectivity index (χ4n) is 0.984. The summed E-state index contributed by atoms with van der Waals surface area (Å²) in [7, 11) is 1.28. The number of carbonyl (C=O) groups is 1. The van der Waals surface area contributed by atoms with E-state index in [-0.39, 0.29) is 6.42 Å². The zero-order valence-corrected chi connectivity index (χ0v) is 7.88. The highest BCUT2D eigenvalue weighted by Gasteiger charge is 2.14.